The van der Waals surface area contributed by atoms with E-state index in [0.29, 0.717) is 0 Å². The van der Waals surface area contributed by atoms with Crippen LogP contribution in [0.2, 0.25) is 0 Å². The maximum Gasteiger partial charge on any atom is 0.341 e. The lowest BCUT2D eigenvalue weighted by Crippen LogP contribution is -2.34. The highest BCUT2D eigenvalue weighted by atomic mass is 16.4. The van der Waals surface area contributed by atoms with E-state index in [2.05, 4.69) is 0 Å². The first-order valence-corrected chi connectivity index (χ1v) is 5.63. The molecule has 0 atom stereocenters. The number of carboxylic acid groups (broad SMARTS) is 1. The van der Waals surface area contributed by atoms with E-state index in [1.165, 1.54) is 6.07 Å². The van der Waals surface area contributed by atoms with E-state index in [0.717, 1.165) is 31.4 Å². The zero-order valence-electron chi connectivity index (χ0n) is 9.27. The summed E-state index contributed by atoms with van der Waals surface area (Å²) in [6.07, 6.45) is 3.84. The molecule has 16 heavy (non-hydrogen) atoms. The van der Waals surface area contributed by atoms with E-state index in [1.807, 2.05) is 6.92 Å². The predicted octanol–water partition coefficient (Wildman–Crippen LogP) is 1.83. The number of rotatable bonds is 3. The molecule has 4 nitrogen and oxygen atoms in total. The Morgan fingerprint density at radius 3 is 2.62 bits per heavy atom. The van der Waals surface area contributed by atoms with Crippen LogP contribution in [0.5, 0.6) is 0 Å². The summed E-state index contributed by atoms with van der Waals surface area (Å²) in [6.45, 7) is 1.98. The van der Waals surface area contributed by atoms with Gasteiger partial charge in [-0.1, -0.05) is 6.92 Å². The van der Waals surface area contributed by atoms with Crippen molar-refractivity contribution in [1.29, 1.82) is 0 Å². The van der Waals surface area contributed by atoms with Gasteiger partial charge < -0.3 is 9.67 Å². The van der Waals surface area contributed by atoms with Crippen molar-refractivity contribution in [2.45, 2.75) is 38.6 Å². The summed E-state index contributed by atoms with van der Waals surface area (Å²) in [5, 5.41) is 8.91. The summed E-state index contributed by atoms with van der Waals surface area (Å²) in [7, 11) is 0. The van der Waals surface area contributed by atoms with E-state index >= 15 is 0 Å². The van der Waals surface area contributed by atoms with Gasteiger partial charge in [-0.15, -0.1) is 0 Å². The molecule has 0 saturated heterocycles. The fourth-order valence-corrected chi connectivity index (χ4v) is 2.09. The minimum Gasteiger partial charge on any atom is -0.477 e. The van der Waals surface area contributed by atoms with E-state index in [4.69, 9.17) is 5.11 Å². The molecule has 1 fully saturated rings. The predicted molar refractivity (Wildman–Crippen MR) is 59.9 cm³/mol. The molecule has 0 aromatic carbocycles. The van der Waals surface area contributed by atoms with Gasteiger partial charge in [0.2, 0.25) is 0 Å². The Morgan fingerprint density at radius 2 is 2.19 bits per heavy atom. The average molecular weight is 221 g/mol. The smallest absolute Gasteiger partial charge is 0.341 e. The third-order valence-electron chi connectivity index (χ3n) is 3.23. The molecule has 0 unspecified atom stereocenters. The van der Waals surface area contributed by atoms with Crippen molar-refractivity contribution in [2.24, 2.45) is 0 Å². The van der Waals surface area contributed by atoms with Crippen molar-refractivity contribution in [3.63, 3.8) is 0 Å². The molecule has 1 aliphatic carbocycles. The Balaban J connectivity index is 2.56. The van der Waals surface area contributed by atoms with Gasteiger partial charge in [-0.2, -0.15) is 0 Å². The molecule has 1 N–H and O–H groups in total. The molecule has 4 heteroatoms. The molecule has 0 spiro atoms. The number of pyridine rings is 1. The molecule has 1 heterocycles. The van der Waals surface area contributed by atoms with Gasteiger partial charge >= 0.3 is 5.97 Å². The molecule has 1 saturated carbocycles. The number of aryl methyl sites for hydroxylation is 1. The van der Waals surface area contributed by atoms with Gasteiger partial charge in [0.05, 0.1) is 0 Å². The number of carbonyl (C=O) groups is 1. The lowest BCUT2D eigenvalue weighted by Gasteiger charge is -2.30. The van der Waals surface area contributed by atoms with Crippen LogP contribution < -0.4 is 5.56 Å². The van der Waals surface area contributed by atoms with Gasteiger partial charge in [0.25, 0.3) is 5.56 Å². The summed E-state index contributed by atoms with van der Waals surface area (Å²) in [6, 6.07) is 3.38. The zero-order valence-corrected chi connectivity index (χ0v) is 9.27. The third kappa shape index (κ3) is 1.64. The van der Waals surface area contributed by atoms with Crippen LogP contribution in [-0.2, 0) is 6.42 Å². The lowest BCUT2D eigenvalue weighted by atomic mass is 9.92. The fourth-order valence-electron chi connectivity index (χ4n) is 2.09. The highest BCUT2D eigenvalue weighted by molar-refractivity contribution is 5.87. The molecule has 0 bridgehead atoms. The Bertz CT molecular complexity index is 472. The van der Waals surface area contributed by atoms with E-state index < -0.39 is 5.97 Å². The first kappa shape index (κ1) is 10.9. The van der Waals surface area contributed by atoms with Gasteiger partial charge in [-0.3, -0.25) is 4.79 Å². The molecule has 0 aliphatic heterocycles. The SMILES string of the molecule is CCc1ccc(C(=O)O)c(=O)n1C1CCC1. The van der Waals surface area contributed by atoms with Crippen LogP contribution in [0.15, 0.2) is 16.9 Å². The van der Waals surface area contributed by atoms with Crippen LogP contribution in [0.4, 0.5) is 0 Å². The van der Waals surface area contributed by atoms with Crippen LogP contribution in [0.3, 0.4) is 0 Å². The topological polar surface area (TPSA) is 59.3 Å². The highest BCUT2D eigenvalue weighted by Crippen LogP contribution is 2.31. The second-order valence-electron chi connectivity index (χ2n) is 4.16. The fraction of sp³-hybridized carbons (Fsp3) is 0.500. The van der Waals surface area contributed by atoms with Crippen molar-refractivity contribution in [3.05, 3.63) is 33.7 Å². The zero-order chi connectivity index (χ0) is 11.7. The molecule has 2 rings (SSSR count). The first-order chi connectivity index (χ1) is 7.65. The molecule has 0 amide bonds. The highest BCUT2D eigenvalue weighted by Gasteiger charge is 2.24. The summed E-state index contributed by atoms with van der Waals surface area (Å²) in [5.41, 5.74) is 0.459. The minimum absolute atomic E-state index is 0.121. The van der Waals surface area contributed by atoms with Gasteiger partial charge in [0, 0.05) is 11.7 Å². The van der Waals surface area contributed by atoms with Crippen LogP contribution in [0, 0.1) is 0 Å². The molecular weight excluding hydrogens is 206 g/mol. The van der Waals surface area contributed by atoms with Gasteiger partial charge in [-0.05, 0) is 37.8 Å². The first-order valence-electron chi connectivity index (χ1n) is 5.63. The maximum absolute atomic E-state index is 12.0. The average Bonchev–Trinajstić information content (AvgIpc) is 2.17. The quantitative estimate of drug-likeness (QED) is 0.847. The van der Waals surface area contributed by atoms with Crippen molar-refractivity contribution in [3.8, 4) is 0 Å². The number of aromatic carboxylic acids is 1. The maximum atomic E-state index is 12.0. The summed E-state index contributed by atoms with van der Waals surface area (Å²) < 4.78 is 1.67. The van der Waals surface area contributed by atoms with Crippen LogP contribution in [0.25, 0.3) is 0 Å². The van der Waals surface area contributed by atoms with E-state index in [9.17, 15) is 9.59 Å². The third-order valence-corrected chi connectivity index (χ3v) is 3.23. The Morgan fingerprint density at radius 1 is 1.50 bits per heavy atom. The molecule has 0 radical (unpaired) electrons. The van der Waals surface area contributed by atoms with Gasteiger partial charge in [0.15, 0.2) is 0 Å². The van der Waals surface area contributed by atoms with E-state index in [1.54, 1.807) is 10.6 Å². The Hall–Kier alpha value is -1.58. The van der Waals surface area contributed by atoms with Crippen molar-refractivity contribution in [1.82, 2.24) is 4.57 Å². The second kappa shape index (κ2) is 4.12. The number of hydrogen-bond donors (Lipinski definition) is 1. The number of nitrogens with zero attached hydrogens (tertiary/aromatic N) is 1. The normalized spacial score (nSPS) is 15.8. The second-order valence-corrected chi connectivity index (χ2v) is 4.16. The standard InChI is InChI=1S/C12H15NO3/c1-2-8-6-7-10(12(15)16)11(14)13(8)9-4-3-5-9/h6-7,9H,2-5H2,1H3,(H,15,16). The monoisotopic (exact) mass is 221 g/mol. The molecule has 1 aliphatic rings. The number of aromatic nitrogens is 1. The van der Waals surface area contributed by atoms with Crippen LogP contribution in [-0.4, -0.2) is 15.6 Å². The molecule has 1 aromatic heterocycles. The summed E-state index contributed by atoms with van der Waals surface area (Å²) >= 11 is 0. The van der Waals surface area contributed by atoms with Gasteiger partial charge in [0.1, 0.15) is 5.56 Å². The molecule has 1 aromatic rings. The van der Waals surface area contributed by atoms with E-state index in [-0.39, 0.29) is 17.2 Å². The Kier molecular flexibility index (Phi) is 2.81. The summed E-state index contributed by atoms with van der Waals surface area (Å²) in [5.74, 6) is -1.14. The van der Waals surface area contributed by atoms with Crippen molar-refractivity contribution in [2.75, 3.05) is 0 Å². The number of hydrogen-bond acceptors (Lipinski definition) is 2. The molecule has 86 valence electrons. The Labute approximate surface area is 93.5 Å². The lowest BCUT2D eigenvalue weighted by molar-refractivity contribution is 0.0693. The largest absolute Gasteiger partial charge is 0.477 e. The molecular formula is C12H15NO3. The van der Waals surface area contributed by atoms with Crippen LogP contribution >= 0.6 is 0 Å². The van der Waals surface area contributed by atoms with Crippen molar-refractivity contribution < 1.29 is 9.90 Å². The number of carboxylic acids is 1. The van der Waals surface area contributed by atoms with Crippen LogP contribution in [0.1, 0.15) is 48.3 Å². The minimum atomic E-state index is -1.14. The van der Waals surface area contributed by atoms with Crippen molar-refractivity contribution >= 4 is 5.97 Å². The van der Waals surface area contributed by atoms with Gasteiger partial charge in [-0.25, -0.2) is 4.79 Å². The summed E-state index contributed by atoms with van der Waals surface area (Å²) in [4.78, 5) is 22.9.